The second-order valence-corrected chi connectivity index (χ2v) is 19.5. The Morgan fingerprint density at radius 2 is 1.43 bits per heavy atom. The van der Waals surface area contributed by atoms with Gasteiger partial charge in [-0.15, -0.1) is 11.3 Å². The first-order valence-corrected chi connectivity index (χ1v) is 16.7. The molecule has 5 rings (SSSR count). The molecule has 37 heavy (non-hydrogen) atoms. The third-order valence-corrected chi connectivity index (χ3v) is 16.8. The fourth-order valence-electron chi connectivity index (χ4n) is 6.99. The van der Waals surface area contributed by atoms with Crippen molar-refractivity contribution in [2.75, 3.05) is 0 Å². The molecule has 0 amide bonds. The van der Waals surface area contributed by atoms with Crippen molar-refractivity contribution in [1.82, 2.24) is 9.97 Å². The lowest BCUT2D eigenvalue weighted by molar-refractivity contribution is 0.591. The Balaban J connectivity index is 1.83. The molecule has 0 saturated carbocycles. The summed E-state index contributed by atoms with van der Waals surface area (Å²) in [7, 11) is -1.90. The molecule has 2 nitrogen and oxygen atoms in total. The molecule has 2 heterocycles. The molecular weight excluding hydrogens is 485 g/mol. The van der Waals surface area contributed by atoms with Gasteiger partial charge in [-0.05, 0) is 50.5 Å². The summed E-state index contributed by atoms with van der Waals surface area (Å²) in [5.41, 5.74) is 6.74. The summed E-state index contributed by atoms with van der Waals surface area (Å²) in [6.07, 6.45) is 1.76. The van der Waals surface area contributed by atoms with Gasteiger partial charge in [-0.3, -0.25) is 0 Å². The summed E-state index contributed by atoms with van der Waals surface area (Å²) < 4.78 is 2.48. The van der Waals surface area contributed by atoms with Crippen LogP contribution in [0, 0.1) is 0 Å². The quantitative estimate of drug-likeness (QED) is 0.214. The molecule has 0 saturated heterocycles. The average molecular weight is 525 g/mol. The van der Waals surface area contributed by atoms with E-state index < -0.39 is 8.07 Å². The van der Waals surface area contributed by atoms with Gasteiger partial charge in [0.1, 0.15) is 6.33 Å². The van der Waals surface area contributed by atoms with Gasteiger partial charge in [0, 0.05) is 15.6 Å². The third kappa shape index (κ3) is 4.13. The van der Waals surface area contributed by atoms with Crippen LogP contribution in [0.15, 0.2) is 60.9 Å². The molecule has 0 radical (unpaired) electrons. The highest BCUT2D eigenvalue weighted by molar-refractivity contribution is 7.26. The number of fused-ring (bicyclic) bond motifs is 4. The number of benzene rings is 3. The summed E-state index contributed by atoms with van der Waals surface area (Å²) in [4.78, 5) is 9.70. The molecule has 0 bridgehead atoms. The van der Waals surface area contributed by atoms with Gasteiger partial charge in [-0.2, -0.15) is 0 Å². The normalized spacial score (nSPS) is 13.2. The van der Waals surface area contributed by atoms with Crippen molar-refractivity contribution in [3.05, 3.63) is 66.5 Å². The smallest absolute Gasteiger partial charge is 0.116 e. The molecule has 0 unspecified atom stereocenters. The summed E-state index contributed by atoms with van der Waals surface area (Å²) in [5, 5.41) is 5.55. The Kier molecular flexibility index (Phi) is 6.56. The van der Waals surface area contributed by atoms with E-state index in [0.717, 1.165) is 11.2 Å². The molecule has 192 valence electrons. The highest BCUT2D eigenvalue weighted by Gasteiger charge is 2.45. The zero-order chi connectivity index (χ0) is 26.7. The van der Waals surface area contributed by atoms with Crippen LogP contribution in [-0.2, 0) is 5.41 Å². The SMILES string of the molecule is CC(C)[Si](c1cc(-c2ncnc3c2sc2cc(C(C)(C)C)ccc23)cc2ccccc12)(C(C)C)C(C)C. The topological polar surface area (TPSA) is 25.8 Å². The fourth-order valence-corrected chi connectivity index (χ4v) is 15.2. The maximum absolute atomic E-state index is 4.92. The van der Waals surface area contributed by atoms with E-state index in [2.05, 4.69) is 117 Å². The van der Waals surface area contributed by atoms with Gasteiger partial charge < -0.3 is 0 Å². The van der Waals surface area contributed by atoms with E-state index in [1.165, 1.54) is 36.7 Å². The van der Waals surface area contributed by atoms with Gasteiger partial charge in [0.05, 0.1) is 24.0 Å². The lowest BCUT2D eigenvalue weighted by atomic mass is 9.87. The minimum absolute atomic E-state index is 0.116. The first kappa shape index (κ1) is 26.1. The van der Waals surface area contributed by atoms with Gasteiger partial charge in [-0.1, -0.05) is 110 Å². The molecule has 2 aromatic heterocycles. The molecule has 0 N–H and O–H groups in total. The van der Waals surface area contributed by atoms with Crippen LogP contribution in [0.25, 0.3) is 42.3 Å². The summed E-state index contributed by atoms with van der Waals surface area (Å²) in [6.45, 7) is 21.5. The minimum Gasteiger partial charge on any atom is -0.235 e. The molecule has 3 aromatic carbocycles. The number of nitrogens with zero attached hydrogens (tertiary/aromatic N) is 2. The summed E-state index contributed by atoms with van der Waals surface area (Å²) >= 11 is 1.84. The number of hydrogen-bond acceptors (Lipinski definition) is 3. The lowest BCUT2D eigenvalue weighted by Gasteiger charge is -2.44. The van der Waals surface area contributed by atoms with Crippen molar-refractivity contribution in [3.63, 3.8) is 0 Å². The van der Waals surface area contributed by atoms with E-state index in [0.29, 0.717) is 16.6 Å². The van der Waals surface area contributed by atoms with E-state index >= 15 is 0 Å². The predicted molar refractivity (Wildman–Crippen MR) is 167 cm³/mol. The first-order valence-electron chi connectivity index (χ1n) is 13.7. The van der Waals surface area contributed by atoms with Crippen molar-refractivity contribution < 1.29 is 0 Å². The minimum atomic E-state index is -1.90. The van der Waals surface area contributed by atoms with E-state index in [1.807, 2.05) is 11.3 Å². The van der Waals surface area contributed by atoms with Crippen molar-refractivity contribution in [2.24, 2.45) is 0 Å². The predicted octanol–water partition coefficient (Wildman–Crippen LogP) is 9.85. The number of rotatable bonds is 5. The van der Waals surface area contributed by atoms with E-state index in [1.54, 1.807) is 11.5 Å². The van der Waals surface area contributed by atoms with E-state index in [9.17, 15) is 0 Å². The standard InChI is InChI=1S/C33H40N2SSi/c1-20(2)37(21(3)4,22(5)6)29-17-24(16-23-12-10-11-13-26(23)29)30-32-31(35-19-34-30)27-15-14-25(33(7,8)9)18-28(27)36-32/h10-22H,1-9H3. The van der Waals surface area contributed by atoms with Crippen molar-refractivity contribution in [2.45, 2.75) is 84.4 Å². The highest BCUT2D eigenvalue weighted by Crippen LogP contribution is 2.44. The van der Waals surface area contributed by atoms with Crippen LogP contribution in [0.3, 0.4) is 0 Å². The molecule has 5 aromatic rings. The Morgan fingerprint density at radius 1 is 0.757 bits per heavy atom. The zero-order valence-corrected chi connectivity index (χ0v) is 25.6. The van der Waals surface area contributed by atoms with Gasteiger partial charge in [-0.25, -0.2) is 9.97 Å². The van der Waals surface area contributed by atoms with Crippen LogP contribution in [-0.4, -0.2) is 18.0 Å². The highest BCUT2D eigenvalue weighted by atomic mass is 32.1. The zero-order valence-electron chi connectivity index (χ0n) is 23.8. The number of thiophene rings is 1. The van der Waals surface area contributed by atoms with Crippen LogP contribution in [0.4, 0.5) is 0 Å². The van der Waals surface area contributed by atoms with Crippen LogP contribution in [0.1, 0.15) is 67.9 Å². The van der Waals surface area contributed by atoms with Crippen molar-refractivity contribution in [1.29, 1.82) is 0 Å². The van der Waals surface area contributed by atoms with Crippen LogP contribution in [0.2, 0.25) is 16.6 Å². The van der Waals surface area contributed by atoms with Crippen molar-refractivity contribution >= 4 is 55.7 Å². The van der Waals surface area contributed by atoms with Crippen LogP contribution in [0.5, 0.6) is 0 Å². The average Bonchev–Trinajstić information content (AvgIpc) is 3.21. The summed E-state index contributed by atoms with van der Waals surface area (Å²) in [5.74, 6) is 0. The maximum Gasteiger partial charge on any atom is 0.116 e. The molecule has 0 atom stereocenters. The monoisotopic (exact) mass is 524 g/mol. The lowest BCUT2D eigenvalue weighted by Crippen LogP contribution is -2.55. The molecule has 4 heteroatoms. The molecule has 0 aliphatic rings. The maximum atomic E-state index is 4.92. The van der Waals surface area contributed by atoms with Crippen molar-refractivity contribution in [3.8, 4) is 11.3 Å². The Bertz CT molecular complexity index is 1580. The molecule has 0 spiro atoms. The van der Waals surface area contributed by atoms with Gasteiger partial charge in [0.15, 0.2) is 0 Å². The first-order chi connectivity index (χ1) is 17.5. The fraction of sp³-hybridized carbons (Fsp3) is 0.394. The van der Waals surface area contributed by atoms with Gasteiger partial charge >= 0.3 is 0 Å². The largest absolute Gasteiger partial charge is 0.235 e. The van der Waals surface area contributed by atoms with Gasteiger partial charge in [0.2, 0.25) is 0 Å². The van der Waals surface area contributed by atoms with E-state index in [-0.39, 0.29) is 5.41 Å². The van der Waals surface area contributed by atoms with Gasteiger partial charge in [0.25, 0.3) is 0 Å². The Labute approximate surface area is 227 Å². The van der Waals surface area contributed by atoms with Crippen LogP contribution >= 0.6 is 11.3 Å². The number of aromatic nitrogens is 2. The second kappa shape index (κ2) is 9.32. The third-order valence-electron chi connectivity index (χ3n) is 8.59. The molecule has 0 aliphatic carbocycles. The number of hydrogen-bond donors (Lipinski definition) is 0. The molecule has 0 fully saturated rings. The van der Waals surface area contributed by atoms with Crippen LogP contribution < -0.4 is 5.19 Å². The second-order valence-electron chi connectivity index (χ2n) is 12.6. The van der Waals surface area contributed by atoms with E-state index in [4.69, 9.17) is 9.97 Å². The summed E-state index contributed by atoms with van der Waals surface area (Å²) in [6, 6.07) is 20.7. The Hall–Kier alpha value is -2.56. The molecular formula is C33H40N2SSi. The Morgan fingerprint density at radius 3 is 2.08 bits per heavy atom. The molecule has 0 aliphatic heterocycles.